The Hall–Kier alpha value is -2.77. The van der Waals surface area contributed by atoms with Gasteiger partial charge in [0.1, 0.15) is 11.6 Å². The molecule has 0 saturated carbocycles. The molecule has 3 N–H and O–H groups in total. The normalized spacial score (nSPS) is 15.9. The molecule has 0 radical (unpaired) electrons. The number of halogens is 2. The second-order valence-corrected chi connectivity index (χ2v) is 7.02. The fraction of sp³-hybridized carbons (Fsp3) is 0.500. The summed E-state index contributed by atoms with van der Waals surface area (Å²) in [7, 11) is 0. The monoisotopic (exact) mass is 418 g/mol. The van der Waals surface area contributed by atoms with E-state index in [2.05, 4.69) is 20.3 Å². The summed E-state index contributed by atoms with van der Waals surface area (Å²) in [5, 5.41) is 3.25. The highest BCUT2D eigenvalue weighted by Crippen LogP contribution is 2.30. The Balaban J connectivity index is 0.00000155. The molecule has 0 unspecified atom stereocenters. The van der Waals surface area contributed by atoms with E-state index in [1.807, 2.05) is 39.8 Å². The zero-order chi connectivity index (χ0) is 22.1. The van der Waals surface area contributed by atoms with Crippen molar-refractivity contribution in [2.75, 3.05) is 23.3 Å². The first-order valence-corrected chi connectivity index (χ1v) is 10.5. The van der Waals surface area contributed by atoms with Gasteiger partial charge in [-0.2, -0.15) is 0 Å². The highest BCUT2D eigenvalue weighted by molar-refractivity contribution is 5.63. The van der Waals surface area contributed by atoms with Crippen LogP contribution in [-0.4, -0.2) is 34.0 Å². The summed E-state index contributed by atoms with van der Waals surface area (Å²) in [6.45, 7) is 8.61. The molecule has 1 aliphatic rings. The van der Waals surface area contributed by atoms with Gasteiger partial charge in [0.05, 0.1) is 6.54 Å². The van der Waals surface area contributed by atoms with Crippen LogP contribution in [0, 0.1) is 6.92 Å². The van der Waals surface area contributed by atoms with Crippen molar-refractivity contribution in [2.45, 2.75) is 59.4 Å². The number of nitrogens with zero attached hydrogens (tertiary/aromatic N) is 4. The van der Waals surface area contributed by atoms with E-state index in [0.717, 1.165) is 16.8 Å². The number of aryl methyl sites for hydroxylation is 1. The topological polar surface area (TPSA) is 80.0 Å². The Labute approximate surface area is 177 Å². The second kappa shape index (κ2) is 10.8. The van der Waals surface area contributed by atoms with Crippen molar-refractivity contribution < 1.29 is 8.78 Å². The van der Waals surface area contributed by atoms with Crippen LogP contribution >= 0.6 is 0 Å². The Morgan fingerprint density at radius 2 is 2.07 bits per heavy atom. The number of nitrogens with one attached hydrogen (secondary N) is 1. The van der Waals surface area contributed by atoms with Gasteiger partial charge in [-0.05, 0) is 31.4 Å². The van der Waals surface area contributed by atoms with Gasteiger partial charge in [-0.3, -0.25) is 4.98 Å². The Kier molecular flexibility index (Phi) is 8.50. The second-order valence-electron chi connectivity index (χ2n) is 7.02. The van der Waals surface area contributed by atoms with E-state index in [9.17, 15) is 8.78 Å². The molecule has 0 atom stereocenters. The molecule has 2 aromatic rings. The van der Waals surface area contributed by atoms with E-state index in [4.69, 9.17) is 5.73 Å². The number of alkyl halides is 2. The van der Waals surface area contributed by atoms with Gasteiger partial charge < -0.3 is 16.0 Å². The maximum atomic E-state index is 13.9. The molecule has 0 aliphatic carbocycles. The third kappa shape index (κ3) is 6.37. The van der Waals surface area contributed by atoms with E-state index in [1.54, 1.807) is 17.2 Å². The molecular weight excluding hydrogens is 386 g/mol. The first-order valence-electron chi connectivity index (χ1n) is 10.5. The van der Waals surface area contributed by atoms with Crippen LogP contribution in [0.15, 0.2) is 30.6 Å². The van der Waals surface area contributed by atoms with Crippen LogP contribution in [0.1, 0.15) is 57.1 Å². The lowest BCUT2D eigenvalue weighted by Crippen LogP contribution is -2.43. The van der Waals surface area contributed by atoms with E-state index < -0.39 is 5.92 Å². The molecule has 2 aromatic heterocycles. The molecule has 3 rings (SSSR count). The van der Waals surface area contributed by atoms with E-state index in [1.165, 1.54) is 6.20 Å². The summed E-state index contributed by atoms with van der Waals surface area (Å²) < 4.78 is 27.8. The van der Waals surface area contributed by atoms with Gasteiger partial charge in [-0.1, -0.05) is 26.8 Å². The number of pyridine rings is 1. The summed E-state index contributed by atoms with van der Waals surface area (Å²) in [4.78, 5) is 14.9. The van der Waals surface area contributed by atoms with Crippen molar-refractivity contribution in [1.82, 2.24) is 15.0 Å². The molecule has 30 heavy (non-hydrogen) atoms. The van der Waals surface area contributed by atoms with Crippen molar-refractivity contribution in [3.05, 3.63) is 47.7 Å². The minimum absolute atomic E-state index is 0.0874. The number of nitrogens with two attached hydrogens (primary N) is 1. The predicted molar refractivity (Wildman–Crippen MR) is 119 cm³/mol. The lowest BCUT2D eigenvalue weighted by molar-refractivity contribution is -0.0118. The molecule has 1 fully saturated rings. The van der Waals surface area contributed by atoms with Gasteiger partial charge in [-0.15, -0.1) is 0 Å². The first-order chi connectivity index (χ1) is 14.4. The van der Waals surface area contributed by atoms with Crippen molar-refractivity contribution >= 4 is 17.2 Å². The van der Waals surface area contributed by atoms with Gasteiger partial charge >= 0.3 is 0 Å². The fourth-order valence-corrected chi connectivity index (χ4v) is 3.14. The molecule has 0 bridgehead atoms. The van der Waals surface area contributed by atoms with Crippen molar-refractivity contribution in [2.24, 2.45) is 5.73 Å². The molecular formula is C22H32F2N6. The van der Waals surface area contributed by atoms with Gasteiger partial charge in [0.2, 0.25) is 0 Å². The van der Waals surface area contributed by atoms with Crippen LogP contribution in [0.25, 0.3) is 5.57 Å². The summed E-state index contributed by atoms with van der Waals surface area (Å²) in [5.74, 6) is -1.19. The number of piperidine rings is 1. The average Bonchev–Trinajstić information content (AvgIpc) is 2.75. The third-order valence-corrected chi connectivity index (χ3v) is 4.74. The summed E-state index contributed by atoms with van der Waals surface area (Å²) in [6, 6.07) is 5.65. The highest BCUT2D eigenvalue weighted by atomic mass is 19.3. The van der Waals surface area contributed by atoms with Crippen LogP contribution in [0.5, 0.6) is 0 Å². The summed E-state index contributed by atoms with van der Waals surface area (Å²) >= 11 is 0. The molecule has 6 nitrogen and oxygen atoms in total. The molecule has 1 aliphatic heterocycles. The lowest BCUT2D eigenvalue weighted by Gasteiger charge is -2.33. The van der Waals surface area contributed by atoms with Crippen molar-refractivity contribution in [3.8, 4) is 0 Å². The molecule has 164 valence electrons. The highest BCUT2D eigenvalue weighted by Gasteiger charge is 2.36. The van der Waals surface area contributed by atoms with Crippen LogP contribution < -0.4 is 16.0 Å². The van der Waals surface area contributed by atoms with Gasteiger partial charge in [-0.25, -0.2) is 18.7 Å². The number of hydrogen-bond donors (Lipinski definition) is 2. The van der Waals surface area contributed by atoms with Gasteiger partial charge in [0.25, 0.3) is 5.92 Å². The number of anilines is 2. The number of allylic oxidation sites excluding steroid dienone is 1. The Morgan fingerprint density at radius 3 is 2.67 bits per heavy atom. The quantitative estimate of drug-likeness (QED) is 0.704. The number of rotatable bonds is 6. The standard InChI is InChI=1S/C20H26F2N6.C2H6/c1-3-16(10-23)19-26-17(25-12-15-6-5-14(2)24-11-15)9-18(27-19)28-8-4-7-20(21,22)13-28;1-2/h5-6,9-11H,3-4,7-8,12-13,23H2,1-2H3,(H,25,26,27);1-2H3/b16-10-;. The Bertz CT molecular complexity index is 836. The molecule has 0 amide bonds. The molecule has 8 heteroatoms. The Morgan fingerprint density at radius 1 is 1.30 bits per heavy atom. The first kappa shape index (κ1) is 23.5. The average molecular weight is 419 g/mol. The maximum absolute atomic E-state index is 13.9. The van der Waals surface area contributed by atoms with Crippen molar-refractivity contribution in [1.29, 1.82) is 0 Å². The van der Waals surface area contributed by atoms with Crippen LogP contribution in [0.4, 0.5) is 20.4 Å². The molecule has 3 heterocycles. The van der Waals surface area contributed by atoms with E-state index in [0.29, 0.717) is 43.4 Å². The fourth-order valence-electron chi connectivity index (χ4n) is 3.14. The number of aromatic nitrogens is 3. The minimum Gasteiger partial charge on any atom is -0.404 e. The van der Waals surface area contributed by atoms with Crippen molar-refractivity contribution in [3.63, 3.8) is 0 Å². The largest absolute Gasteiger partial charge is 0.404 e. The zero-order valence-electron chi connectivity index (χ0n) is 18.3. The van der Waals surface area contributed by atoms with E-state index in [-0.39, 0.29) is 13.0 Å². The van der Waals surface area contributed by atoms with Gasteiger partial charge in [0.15, 0.2) is 5.82 Å². The third-order valence-electron chi connectivity index (χ3n) is 4.74. The predicted octanol–water partition coefficient (Wildman–Crippen LogP) is 4.76. The molecule has 0 aromatic carbocycles. The van der Waals surface area contributed by atoms with Gasteiger partial charge in [0, 0.05) is 49.2 Å². The molecule has 0 spiro atoms. The SMILES string of the molecule is CC.CC/C(=C/N)c1nc(NCc2ccc(C)nc2)cc(N2CCCC(F)(F)C2)n1. The van der Waals surface area contributed by atoms with E-state index >= 15 is 0 Å². The minimum atomic E-state index is -2.71. The smallest absolute Gasteiger partial charge is 0.265 e. The lowest BCUT2D eigenvalue weighted by atomic mass is 10.1. The number of hydrogen-bond acceptors (Lipinski definition) is 6. The van der Waals surface area contributed by atoms with Crippen LogP contribution in [0.2, 0.25) is 0 Å². The van der Waals surface area contributed by atoms with Crippen LogP contribution in [-0.2, 0) is 6.54 Å². The summed E-state index contributed by atoms with van der Waals surface area (Å²) in [5.41, 5.74) is 8.43. The maximum Gasteiger partial charge on any atom is 0.265 e. The summed E-state index contributed by atoms with van der Waals surface area (Å²) in [6.07, 6.45) is 4.26. The van der Waals surface area contributed by atoms with Crippen LogP contribution in [0.3, 0.4) is 0 Å². The zero-order valence-corrected chi connectivity index (χ0v) is 18.3. The molecule has 1 saturated heterocycles.